The zero-order valence-corrected chi connectivity index (χ0v) is 18.1. The van der Waals surface area contributed by atoms with E-state index in [2.05, 4.69) is 20.2 Å². The van der Waals surface area contributed by atoms with Gasteiger partial charge in [0.1, 0.15) is 0 Å². The number of carbonyl (C=O) groups is 1. The number of rotatable bonds is 6. The second-order valence-corrected chi connectivity index (χ2v) is 9.55. The minimum absolute atomic E-state index is 0.100. The summed E-state index contributed by atoms with van der Waals surface area (Å²) in [5.41, 5.74) is 3.44. The Hall–Kier alpha value is -3.56. The molecule has 0 atom stereocenters. The lowest BCUT2D eigenvalue weighted by molar-refractivity contribution is 0.102. The molecule has 1 aromatic heterocycles. The van der Waals surface area contributed by atoms with Crippen molar-refractivity contribution in [1.82, 2.24) is 10.2 Å². The molecule has 4 aromatic rings. The standard InChI is InChI=1S/C22H18N4O3S2/c1-15-8-7-11-17(14-15)20(27)23-21-24-25-22(30-21)31(28,29)26-19-13-6-5-12-18(19)16-9-3-2-4-10-16/h2-14,26H,1H3,(H,23,24,27). The summed E-state index contributed by atoms with van der Waals surface area (Å²) < 4.78 is 28.1. The molecular formula is C22H18N4O3S2. The lowest BCUT2D eigenvalue weighted by atomic mass is 10.0. The second-order valence-electron chi connectivity index (χ2n) is 6.71. The van der Waals surface area contributed by atoms with Crippen molar-refractivity contribution in [2.45, 2.75) is 11.3 Å². The van der Waals surface area contributed by atoms with Gasteiger partial charge in [-0.2, -0.15) is 8.42 Å². The second kappa shape index (κ2) is 8.66. The highest BCUT2D eigenvalue weighted by Crippen LogP contribution is 2.30. The Bertz CT molecular complexity index is 1340. The van der Waals surface area contributed by atoms with Crippen LogP contribution in [0.15, 0.2) is 83.2 Å². The fourth-order valence-electron chi connectivity index (χ4n) is 2.95. The number of sulfonamides is 1. The monoisotopic (exact) mass is 450 g/mol. The Balaban J connectivity index is 1.55. The van der Waals surface area contributed by atoms with Crippen LogP contribution < -0.4 is 10.0 Å². The lowest BCUT2D eigenvalue weighted by Gasteiger charge is -2.11. The fraction of sp³-hybridized carbons (Fsp3) is 0.0455. The Kier molecular flexibility index (Phi) is 5.79. The first-order chi connectivity index (χ1) is 14.9. The highest BCUT2D eigenvalue weighted by molar-refractivity contribution is 7.94. The SMILES string of the molecule is Cc1cccc(C(=O)Nc2nnc(S(=O)(=O)Nc3ccccc3-c3ccccc3)s2)c1. The molecule has 9 heteroatoms. The minimum Gasteiger partial charge on any atom is -0.296 e. The van der Waals surface area contributed by atoms with Gasteiger partial charge in [0, 0.05) is 11.1 Å². The Labute approximate surface area is 183 Å². The smallest absolute Gasteiger partial charge is 0.291 e. The van der Waals surface area contributed by atoms with E-state index in [1.807, 2.05) is 55.5 Å². The van der Waals surface area contributed by atoms with Crippen molar-refractivity contribution in [2.24, 2.45) is 0 Å². The number of hydrogen-bond donors (Lipinski definition) is 2. The third-order valence-electron chi connectivity index (χ3n) is 4.39. The van der Waals surface area contributed by atoms with Gasteiger partial charge in [-0.25, -0.2) is 0 Å². The summed E-state index contributed by atoms with van der Waals surface area (Å²) in [6.07, 6.45) is 0. The minimum atomic E-state index is -3.99. The third-order valence-corrected chi connectivity index (χ3v) is 6.96. The number of nitrogens with zero attached hydrogens (tertiary/aromatic N) is 2. The molecule has 1 heterocycles. The summed E-state index contributed by atoms with van der Waals surface area (Å²) in [7, 11) is -3.99. The third kappa shape index (κ3) is 4.79. The summed E-state index contributed by atoms with van der Waals surface area (Å²) in [6, 6.07) is 23.6. The molecule has 1 amide bonds. The lowest BCUT2D eigenvalue weighted by Crippen LogP contribution is -2.13. The summed E-state index contributed by atoms with van der Waals surface area (Å²) in [4.78, 5) is 12.4. The van der Waals surface area contributed by atoms with Crippen LogP contribution in [0.5, 0.6) is 0 Å². The first kappa shape index (κ1) is 20.7. The summed E-state index contributed by atoms with van der Waals surface area (Å²) in [5.74, 6) is -0.383. The Morgan fingerprint density at radius 3 is 2.42 bits per heavy atom. The number of aryl methyl sites for hydroxylation is 1. The maximum absolute atomic E-state index is 12.9. The average molecular weight is 451 g/mol. The number of benzene rings is 3. The molecule has 0 unspecified atom stereocenters. The molecule has 0 bridgehead atoms. The Morgan fingerprint density at radius 2 is 1.65 bits per heavy atom. The van der Waals surface area contributed by atoms with Crippen LogP contribution in [0.3, 0.4) is 0 Å². The van der Waals surface area contributed by atoms with E-state index in [9.17, 15) is 13.2 Å². The largest absolute Gasteiger partial charge is 0.296 e. The number of para-hydroxylation sites is 1. The van der Waals surface area contributed by atoms with Crippen LogP contribution in [0.2, 0.25) is 0 Å². The molecule has 4 rings (SSSR count). The highest BCUT2D eigenvalue weighted by Gasteiger charge is 2.22. The zero-order chi connectivity index (χ0) is 21.8. The van der Waals surface area contributed by atoms with Crippen molar-refractivity contribution in [2.75, 3.05) is 10.0 Å². The molecule has 0 aliphatic heterocycles. The molecule has 0 aliphatic rings. The van der Waals surface area contributed by atoms with Gasteiger partial charge in [-0.05, 0) is 30.7 Å². The molecule has 3 aromatic carbocycles. The van der Waals surface area contributed by atoms with E-state index in [1.54, 1.807) is 30.3 Å². The average Bonchev–Trinajstić information content (AvgIpc) is 3.24. The van der Waals surface area contributed by atoms with Gasteiger partial charge < -0.3 is 0 Å². The number of nitrogens with one attached hydrogen (secondary N) is 2. The maximum atomic E-state index is 12.9. The summed E-state index contributed by atoms with van der Waals surface area (Å²) >= 11 is 0.783. The van der Waals surface area contributed by atoms with Gasteiger partial charge in [-0.3, -0.25) is 14.8 Å². The van der Waals surface area contributed by atoms with Crippen LogP contribution >= 0.6 is 11.3 Å². The number of aromatic nitrogens is 2. The van der Waals surface area contributed by atoms with Gasteiger partial charge in [0.05, 0.1) is 5.69 Å². The van der Waals surface area contributed by atoms with Gasteiger partial charge in [-0.1, -0.05) is 77.6 Å². The van der Waals surface area contributed by atoms with E-state index in [1.165, 1.54) is 0 Å². The fourth-order valence-corrected chi connectivity index (χ4v) is 4.93. The molecule has 2 N–H and O–H groups in total. The predicted molar refractivity (Wildman–Crippen MR) is 122 cm³/mol. The van der Waals surface area contributed by atoms with Crippen molar-refractivity contribution < 1.29 is 13.2 Å². The normalized spacial score (nSPS) is 11.1. The van der Waals surface area contributed by atoms with Crippen LogP contribution in [0.4, 0.5) is 10.8 Å². The molecule has 0 aliphatic carbocycles. The maximum Gasteiger partial charge on any atom is 0.291 e. The summed E-state index contributed by atoms with van der Waals surface area (Å²) in [6.45, 7) is 1.88. The molecule has 156 valence electrons. The van der Waals surface area contributed by atoms with Crippen molar-refractivity contribution in [1.29, 1.82) is 0 Å². The van der Waals surface area contributed by atoms with Gasteiger partial charge >= 0.3 is 0 Å². The van der Waals surface area contributed by atoms with Crippen LogP contribution in [0, 0.1) is 6.92 Å². The van der Waals surface area contributed by atoms with Crippen LogP contribution in [0.1, 0.15) is 15.9 Å². The molecule has 0 fully saturated rings. The number of anilines is 2. The van der Waals surface area contributed by atoms with Gasteiger partial charge in [0.2, 0.25) is 5.13 Å². The molecule has 0 saturated heterocycles. The zero-order valence-electron chi connectivity index (χ0n) is 16.4. The quantitative estimate of drug-likeness (QED) is 0.419. The van der Waals surface area contributed by atoms with Crippen molar-refractivity contribution in [3.63, 3.8) is 0 Å². The predicted octanol–water partition coefficient (Wildman–Crippen LogP) is 4.57. The van der Waals surface area contributed by atoms with Crippen LogP contribution in [-0.4, -0.2) is 24.5 Å². The first-order valence-corrected chi connectivity index (χ1v) is 11.6. The molecular weight excluding hydrogens is 432 g/mol. The van der Waals surface area contributed by atoms with E-state index in [-0.39, 0.29) is 15.4 Å². The molecule has 31 heavy (non-hydrogen) atoms. The van der Waals surface area contributed by atoms with E-state index in [4.69, 9.17) is 0 Å². The van der Waals surface area contributed by atoms with Gasteiger partial charge in [0.25, 0.3) is 20.3 Å². The van der Waals surface area contributed by atoms with Gasteiger partial charge in [0.15, 0.2) is 0 Å². The molecule has 7 nitrogen and oxygen atoms in total. The Morgan fingerprint density at radius 1 is 0.903 bits per heavy atom. The van der Waals surface area contributed by atoms with E-state index < -0.39 is 10.0 Å². The topological polar surface area (TPSA) is 101 Å². The van der Waals surface area contributed by atoms with Crippen molar-refractivity contribution in [3.05, 3.63) is 90.0 Å². The molecule has 0 spiro atoms. The summed E-state index contributed by atoms with van der Waals surface area (Å²) in [5, 5.41) is 10.3. The number of hydrogen-bond acceptors (Lipinski definition) is 6. The van der Waals surface area contributed by atoms with E-state index in [0.717, 1.165) is 28.0 Å². The first-order valence-electron chi connectivity index (χ1n) is 9.31. The number of amides is 1. The van der Waals surface area contributed by atoms with Crippen LogP contribution in [-0.2, 0) is 10.0 Å². The number of carbonyl (C=O) groups excluding carboxylic acids is 1. The van der Waals surface area contributed by atoms with Crippen LogP contribution in [0.25, 0.3) is 11.1 Å². The van der Waals surface area contributed by atoms with E-state index in [0.29, 0.717) is 11.3 Å². The van der Waals surface area contributed by atoms with Crippen molar-refractivity contribution >= 4 is 38.1 Å². The molecule has 0 radical (unpaired) electrons. The van der Waals surface area contributed by atoms with Crippen molar-refractivity contribution in [3.8, 4) is 11.1 Å². The van der Waals surface area contributed by atoms with Gasteiger partial charge in [-0.15, -0.1) is 10.2 Å². The van der Waals surface area contributed by atoms with E-state index >= 15 is 0 Å². The molecule has 0 saturated carbocycles. The highest BCUT2D eigenvalue weighted by atomic mass is 32.2.